The van der Waals surface area contributed by atoms with E-state index in [1.54, 1.807) is 14.0 Å². The fourth-order valence-corrected chi connectivity index (χ4v) is 2.57. The van der Waals surface area contributed by atoms with Gasteiger partial charge in [0.05, 0.1) is 5.92 Å². The normalized spacial score (nSPS) is 17.2. The molecule has 1 rings (SSSR count). The van der Waals surface area contributed by atoms with Crippen LogP contribution < -0.4 is 5.32 Å². The maximum Gasteiger partial charge on any atom is 0.317 e. The summed E-state index contributed by atoms with van der Waals surface area (Å²) in [5.74, 6) is -1.43. The molecule has 2 N–H and O–H groups in total. The van der Waals surface area contributed by atoms with Gasteiger partial charge in [0, 0.05) is 32.7 Å². The molecule has 0 aromatic carbocycles. The SMILES string of the molecule is CC(CN(C)C(=O)NCCN(C)C1CCCC1)C(=O)O. The first-order chi connectivity index (χ1) is 9.41. The molecule has 1 unspecified atom stereocenters. The van der Waals surface area contributed by atoms with Gasteiger partial charge in [-0.1, -0.05) is 19.8 Å². The second-order valence-electron chi connectivity index (χ2n) is 5.77. The number of carboxylic acid groups (broad SMARTS) is 1. The minimum absolute atomic E-state index is 0.210. The summed E-state index contributed by atoms with van der Waals surface area (Å²) in [6.45, 7) is 3.25. The largest absolute Gasteiger partial charge is 0.481 e. The summed E-state index contributed by atoms with van der Waals surface area (Å²) in [7, 11) is 3.72. The molecule has 0 saturated heterocycles. The molecule has 0 spiro atoms. The van der Waals surface area contributed by atoms with Crippen LogP contribution in [0.25, 0.3) is 0 Å². The van der Waals surface area contributed by atoms with Crippen molar-refractivity contribution < 1.29 is 14.7 Å². The van der Waals surface area contributed by atoms with Gasteiger partial charge in [-0.3, -0.25) is 4.79 Å². The predicted molar refractivity (Wildman–Crippen MR) is 77.7 cm³/mol. The Labute approximate surface area is 121 Å². The molecule has 0 bridgehead atoms. The Kier molecular flexibility index (Phi) is 6.78. The Bertz CT molecular complexity index is 330. The van der Waals surface area contributed by atoms with Gasteiger partial charge in [0.15, 0.2) is 0 Å². The van der Waals surface area contributed by atoms with E-state index in [0.29, 0.717) is 12.6 Å². The van der Waals surface area contributed by atoms with Crippen molar-refractivity contribution in [1.82, 2.24) is 15.1 Å². The quantitative estimate of drug-likeness (QED) is 0.738. The highest BCUT2D eigenvalue weighted by Gasteiger charge is 2.20. The third kappa shape index (κ3) is 5.36. The topological polar surface area (TPSA) is 72.9 Å². The van der Waals surface area contributed by atoms with Crippen molar-refractivity contribution in [1.29, 1.82) is 0 Å². The highest BCUT2D eigenvalue weighted by molar-refractivity contribution is 5.75. The van der Waals surface area contributed by atoms with Gasteiger partial charge in [0.2, 0.25) is 0 Å². The summed E-state index contributed by atoms with van der Waals surface area (Å²) in [6.07, 6.45) is 5.11. The molecule has 6 heteroatoms. The number of nitrogens with zero attached hydrogens (tertiary/aromatic N) is 2. The number of urea groups is 1. The van der Waals surface area contributed by atoms with Crippen LogP contribution in [0.4, 0.5) is 4.79 Å². The molecule has 116 valence electrons. The van der Waals surface area contributed by atoms with E-state index in [-0.39, 0.29) is 12.6 Å². The second-order valence-corrected chi connectivity index (χ2v) is 5.77. The first-order valence-corrected chi connectivity index (χ1v) is 7.33. The number of carboxylic acids is 1. The standard InChI is InChI=1S/C14H27N3O3/c1-11(13(18)19)10-17(3)14(20)15-8-9-16(2)12-6-4-5-7-12/h11-12H,4-10H2,1-3H3,(H,15,20)(H,18,19). The van der Waals surface area contributed by atoms with E-state index in [0.717, 1.165) is 6.54 Å². The van der Waals surface area contributed by atoms with Crippen LogP contribution in [0.2, 0.25) is 0 Å². The van der Waals surface area contributed by atoms with Gasteiger partial charge in [-0.2, -0.15) is 0 Å². The zero-order valence-electron chi connectivity index (χ0n) is 12.8. The average Bonchev–Trinajstić information content (AvgIpc) is 2.91. The van der Waals surface area contributed by atoms with E-state index in [1.807, 2.05) is 0 Å². The lowest BCUT2D eigenvalue weighted by Crippen LogP contribution is -2.44. The number of hydrogen-bond acceptors (Lipinski definition) is 3. The summed E-state index contributed by atoms with van der Waals surface area (Å²) in [4.78, 5) is 26.3. The number of carbonyl (C=O) groups is 2. The molecule has 2 amide bonds. The fourth-order valence-electron chi connectivity index (χ4n) is 2.57. The van der Waals surface area contributed by atoms with Crippen molar-refractivity contribution in [3.8, 4) is 0 Å². The number of nitrogens with one attached hydrogen (secondary N) is 1. The van der Waals surface area contributed by atoms with Crippen molar-refractivity contribution in [3.05, 3.63) is 0 Å². The second kappa shape index (κ2) is 8.09. The van der Waals surface area contributed by atoms with Crippen molar-refractivity contribution in [2.24, 2.45) is 5.92 Å². The molecule has 1 aliphatic carbocycles. The molecule has 20 heavy (non-hydrogen) atoms. The molecule has 1 atom stereocenters. The molecule has 0 heterocycles. The number of aliphatic carboxylic acids is 1. The molecule has 1 fully saturated rings. The lowest BCUT2D eigenvalue weighted by molar-refractivity contribution is -0.141. The highest BCUT2D eigenvalue weighted by atomic mass is 16.4. The maximum atomic E-state index is 11.8. The molecule has 0 aromatic heterocycles. The van der Waals surface area contributed by atoms with E-state index in [2.05, 4.69) is 17.3 Å². The summed E-state index contributed by atoms with van der Waals surface area (Å²) in [5.41, 5.74) is 0. The van der Waals surface area contributed by atoms with Gasteiger partial charge < -0.3 is 20.2 Å². The van der Waals surface area contributed by atoms with Gasteiger partial charge in [0.1, 0.15) is 0 Å². The lowest BCUT2D eigenvalue weighted by Gasteiger charge is -2.25. The maximum absolute atomic E-state index is 11.8. The van der Waals surface area contributed by atoms with E-state index in [1.165, 1.54) is 30.6 Å². The molecule has 0 aliphatic heterocycles. The summed E-state index contributed by atoms with van der Waals surface area (Å²) >= 11 is 0. The molecular formula is C14H27N3O3. The zero-order chi connectivity index (χ0) is 15.1. The molecule has 1 aliphatic rings. The minimum atomic E-state index is -0.884. The van der Waals surface area contributed by atoms with E-state index in [4.69, 9.17) is 5.11 Å². The molecule has 1 saturated carbocycles. The molecule has 0 radical (unpaired) electrons. The number of rotatable bonds is 7. The number of hydrogen-bond donors (Lipinski definition) is 2. The van der Waals surface area contributed by atoms with Crippen LogP contribution in [-0.2, 0) is 4.79 Å². The first-order valence-electron chi connectivity index (χ1n) is 7.33. The van der Waals surface area contributed by atoms with Crippen LogP contribution in [0.1, 0.15) is 32.6 Å². The third-order valence-corrected chi connectivity index (χ3v) is 4.00. The number of carbonyl (C=O) groups excluding carboxylic acids is 1. The van der Waals surface area contributed by atoms with Gasteiger partial charge in [-0.25, -0.2) is 4.79 Å². The van der Waals surface area contributed by atoms with Crippen molar-refractivity contribution in [2.45, 2.75) is 38.6 Å². The minimum Gasteiger partial charge on any atom is -0.481 e. The Morgan fingerprint density at radius 2 is 1.90 bits per heavy atom. The van der Waals surface area contributed by atoms with E-state index >= 15 is 0 Å². The van der Waals surface area contributed by atoms with Gasteiger partial charge in [-0.15, -0.1) is 0 Å². The van der Waals surface area contributed by atoms with Crippen LogP contribution in [0.3, 0.4) is 0 Å². The van der Waals surface area contributed by atoms with Crippen molar-refractivity contribution in [3.63, 3.8) is 0 Å². The van der Waals surface area contributed by atoms with Crippen LogP contribution in [0, 0.1) is 5.92 Å². The molecule has 6 nitrogen and oxygen atoms in total. The van der Waals surface area contributed by atoms with Crippen molar-refractivity contribution in [2.75, 3.05) is 33.7 Å². The summed E-state index contributed by atoms with van der Waals surface area (Å²) < 4.78 is 0. The third-order valence-electron chi connectivity index (χ3n) is 4.00. The van der Waals surface area contributed by atoms with Crippen molar-refractivity contribution >= 4 is 12.0 Å². The van der Waals surface area contributed by atoms with E-state index in [9.17, 15) is 9.59 Å². The number of amides is 2. The van der Waals surface area contributed by atoms with E-state index < -0.39 is 11.9 Å². The monoisotopic (exact) mass is 285 g/mol. The van der Waals surface area contributed by atoms with Gasteiger partial charge >= 0.3 is 12.0 Å². The number of likely N-dealkylation sites (N-methyl/N-ethyl adjacent to an activating group) is 1. The summed E-state index contributed by atoms with van der Waals surface area (Å²) in [6, 6.07) is 0.439. The Morgan fingerprint density at radius 1 is 1.30 bits per heavy atom. The first kappa shape index (κ1) is 16.8. The lowest BCUT2D eigenvalue weighted by atomic mass is 10.2. The summed E-state index contributed by atoms with van der Waals surface area (Å²) in [5, 5.41) is 11.7. The predicted octanol–water partition coefficient (Wildman–Crippen LogP) is 1.22. The van der Waals surface area contributed by atoms with Crippen LogP contribution in [0.5, 0.6) is 0 Å². The average molecular weight is 285 g/mol. The Hall–Kier alpha value is -1.30. The fraction of sp³-hybridized carbons (Fsp3) is 0.857. The Morgan fingerprint density at radius 3 is 2.45 bits per heavy atom. The van der Waals surface area contributed by atoms with Crippen LogP contribution in [0.15, 0.2) is 0 Å². The molecular weight excluding hydrogens is 258 g/mol. The smallest absolute Gasteiger partial charge is 0.317 e. The highest BCUT2D eigenvalue weighted by Crippen LogP contribution is 2.21. The zero-order valence-corrected chi connectivity index (χ0v) is 12.8. The van der Waals surface area contributed by atoms with Crippen LogP contribution >= 0.6 is 0 Å². The van der Waals surface area contributed by atoms with Crippen LogP contribution in [-0.4, -0.2) is 66.7 Å². The van der Waals surface area contributed by atoms with Gasteiger partial charge in [0.25, 0.3) is 0 Å². The molecule has 0 aromatic rings. The Balaban J connectivity index is 2.20. The van der Waals surface area contributed by atoms with Gasteiger partial charge in [-0.05, 0) is 19.9 Å².